The summed E-state index contributed by atoms with van der Waals surface area (Å²) in [4.78, 5) is 36.1. The first-order valence-corrected chi connectivity index (χ1v) is 11.1. The molecule has 0 spiro atoms. The van der Waals surface area contributed by atoms with Crippen molar-refractivity contribution in [2.24, 2.45) is 4.99 Å². The normalized spacial score (nSPS) is 19.9. The number of carbonyl (C=O) groups excluding carboxylic acids is 2. The van der Waals surface area contributed by atoms with Crippen LogP contribution in [0.2, 0.25) is 10.0 Å². The average molecular weight is 475 g/mol. The zero-order valence-electron chi connectivity index (χ0n) is 17.9. The highest BCUT2D eigenvalue weighted by Crippen LogP contribution is 2.32. The van der Waals surface area contributed by atoms with Crippen molar-refractivity contribution in [2.75, 3.05) is 51.7 Å². The van der Waals surface area contributed by atoms with Gasteiger partial charge >= 0.3 is 5.97 Å². The van der Waals surface area contributed by atoms with Crippen molar-refractivity contribution in [3.8, 4) is 0 Å². The highest BCUT2D eigenvalue weighted by Gasteiger charge is 2.33. The molecule has 1 atom stereocenters. The van der Waals surface area contributed by atoms with Gasteiger partial charge < -0.3 is 14.5 Å². The fraction of sp³-hybridized carbons (Fsp3) is 0.348. The van der Waals surface area contributed by atoms with Crippen LogP contribution in [0.1, 0.15) is 11.1 Å². The number of halogens is 2. The molecule has 168 valence electrons. The van der Waals surface area contributed by atoms with Crippen LogP contribution in [-0.4, -0.2) is 80.4 Å². The number of ether oxygens (including phenoxy) is 1. The van der Waals surface area contributed by atoms with Gasteiger partial charge in [0, 0.05) is 54.4 Å². The number of anilines is 1. The van der Waals surface area contributed by atoms with Crippen LogP contribution >= 0.6 is 23.2 Å². The van der Waals surface area contributed by atoms with Crippen LogP contribution in [0.5, 0.6) is 0 Å². The van der Waals surface area contributed by atoms with E-state index in [2.05, 4.69) is 9.89 Å². The Hall–Kier alpha value is -2.45. The molecule has 9 heteroatoms. The number of benzodiazepines with no additional fused rings is 1. The highest BCUT2D eigenvalue weighted by atomic mass is 35.5. The van der Waals surface area contributed by atoms with E-state index in [0.717, 1.165) is 26.2 Å². The number of likely N-dealkylation sites (N-methyl/N-ethyl adjacent to an activating group) is 2. The summed E-state index contributed by atoms with van der Waals surface area (Å²) < 4.78 is 5.59. The standard InChI is InChI=1S/C23H24Cl2N4O3/c1-27-9-11-29(12-10-27)14-20(30)32-22-23(31)28(2)19-8-7-15(24)13-17(19)21(26-22)16-5-3-4-6-18(16)25/h3-8,13,22H,9-12,14H2,1-2H3. The van der Waals surface area contributed by atoms with Gasteiger partial charge in [-0.3, -0.25) is 14.5 Å². The molecular formula is C23H24Cl2N4O3. The molecule has 1 saturated heterocycles. The number of nitrogens with zero attached hydrogens (tertiary/aromatic N) is 4. The second-order valence-corrected chi connectivity index (χ2v) is 8.78. The first-order chi connectivity index (χ1) is 15.3. The molecule has 1 fully saturated rings. The van der Waals surface area contributed by atoms with Crippen LogP contribution in [0.15, 0.2) is 47.5 Å². The lowest BCUT2D eigenvalue weighted by molar-refractivity contribution is -0.155. The maximum atomic E-state index is 13.2. The summed E-state index contributed by atoms with van der Waals surface area (Å²) in [5, 5.41) is 0.964. The number of hydrogen-bond acceptors (Lipinski definition) is 6. The van der Waals surface area contributed by atoms with Crippen molar-refractivity contribution in [1.29, 1.82) is 0 Å². The molecular weight excluding hydrogens is 451 g/mol. The monoisotopic (exact) mass is 474 g/mol. The molecule has 0 N–H and O–H groups in total. The average Bonchev–Trinajstić information content (AvgIpc) is 2.86. The van der Waals surface area contributed by atoms with E-state index >= 15 is 0 Å². The number of aliphatic imine (C=N–C) groups is 1. The molecule has 0 aliphatic carbocycles. The summed E-state index contributed by atoms with van der Waals surface area (Å²) in [5.74, 6) is -0.935. The molecule has 0 aromatic heterocycles. The van der Waals surface area contributed by atoms with Gasteiger partial charge in [0.25, 0.3) is 12.1 Å². The third kappa shape index (κ3) is 4.81. The summed E-state index contributed by atoms with van der Waals surface area (Å²) in [7, 11) is 3.67. The van der Waals surface area contributed by atoms with E-state index in [1.54, 1.807) is 31.3 Å². The van der Waals surface area contributed by atoms with Crippen LogP contribution in [0.25, 0.3) is 0 Å². The Morgan fingerprint density at radius 3 is 2.50 bits per heavy atom. The Kier molecular flexibility index (Phi) is 6.81. The zero-order valence-corrected chi connectivity index (χ0v) is 19.4. The first-order valence-electron chi connectivity index (χ1n) is 10.3. The van der Waals surface area contributed by atoms with Gasteiger partial charge in [-0.2, -0.15) is 0 Å². The number of piperazine rings is 1. The minimum absolute atomic E-state index is 0.108. The van der Waals surface area contributed by atoms with Gasteiger partial charge in [0.15, 0.2) is 0 Å². The molecule has 32 heavy (non-hydrogen) atoms. The number of rotatable bonds is 4. The van der Waals surface area contributed by atoms with Crippen LogP contribution < -0.4 is 4.90 Å². The maximum absolute atomic E-state index is 13.2. The van der Waals surface area contributed by atoms with E-state index in [-0.39, 0.29) is 6.54 Å². The number of fused-ring (bicyclic) bond motifs is 1. The van der Waals surface area contributed by atoms with Gasteiger partial charge in [-0.25, -0.2) is 4.99 Å². The number of hydrogen-bond donors (Lipinski definition) is 0. The molecule has 0 radical (unpaired) electrons. The molecule has 2 aliphatic heterocycles. The Labute approximate surface area is 197 Å². The van der Waals surface area contributed by atoms with E-state index in [4.69, 9.17) is 27.9 Å². The lowest BCUT2D eigenvalue weighted by Gasteiger charge is -2.31. The molecule has 2 aromatic rings. The SMILES string of the molecule is CN1CCN(CC(=O)OC2N=C(c3ccccc3Cl)c3cc(Cl)ccc3N(C)C2=O)CC1. The van der Waals surface area contributed by atoms with Crippen molar-refractivity contribution < 1.29 is 14.3 Å². The molecule has 2 heterocycles. The molecule has 2 aromatic carbocycles. The zero-order chi connectivity index (χ0) is 22.8. The Bertz CT molecular complexity index is 1070. The van der Waals surface area contributed by atoms with E-state index in [0.29, 0.717) is 32.6 Å². The number of carbonyl (C=O) groups is 2. The molecule has 4 rings (SSSR count). The predicted octanol–water partition coefficient (Wildman–Crippen LogP) is 2.92. The fourth-order valence-corrected chi connectivity index (χ4v) is 4.21. The summed E-state index contributed by atoms with van der Waals surface area (Å²) in [6.45, 7) is 3.40. The number of esters is 1. The Balaban J connectivity index is 1.67. The van der Waals surface area contributed by atoms with Crippen molar-refractivity contribution in [2.45, 2.75) is 6.23 Å². The largest absolute Gasteiger partial charge is 0.429 e. The second kappa shape index (κ2) is 9.58. The first kappa shape index (κ1) is 22.7. The minimum atomic E-state index is -1.32. The topological polar surface area (TPSA) is 65.5 Å². The lowest BCUT2D eigenvalue weighted by Crippen LogP contribution is -2.47. The quantitative estimate of drug-likeness (QED) is 0.637. The van der Waals surface area contributed by atoms with Crippen molar-refractivity contribution >= 4 is 46.5 Å². The van der Waals surface area contributed by atoms with Crippen molar-refractivity contribution in [3.05, 3.63) is 63.6 Å². The lowest BCUT2D eigenvalue weighted by atomic mass is 10.0. The summed E-state index contributed by atoms with van der Waals surface area (Å²) >= 11 is 12.7. The predicted molar refractivity (Wildman–Crippen MR) is 126 cm³/mol. The van der Waals surface area contributed by atoms with E-state index < -0.39 is 18.1 Å². The second-order valence-electron chi connectivity index (χ2n) is 7.94. The Morgan fingerprint density at radius 2 is 1.78 bits per heavy atom. The Morgan fingerprint density at radius 1 is 1.06 bits per heavy atom. The molecule has 1 unspecified atom stereocenters. The van der Waals surface area contributed by atoms with Gasteiger partial charge in [-0.1, -0.05) is 41.4 Å². The van der Waals surface area contributed by atoms with Crippen LogP contribution in [0.4, 0.5) is 5.69 Å². The highest BCUT2D eigenvalue weighted by molar-refractivity contribution is 6.37. The van der Waals surface area contributed by atoms with Crippen molar-refractivity contribution in [3.63, 3.8) is 0 Å². The van der Waals surface area contributed by atoms with Crippen LogP contribution in [0, 0.1) is 0 Å². The van der Waals surface area contributed by atoms with Gasteiger partial charge in [-0.15, -0.1) is 0 Å². The van der Waals surface area contributed by atoms with E-state index in [1.807, 2.05) is 30.1 Å². The molecule has 0 saturated carbocycles. The molecule has 7 nitrogen and oxygen atoms in total. The number of benzene rings is 2. The smallest absolute Gasteiger partial charge is 0.322 e. The molecule has 2 aliphatic rings. The summed E-state index contributed by atoms with van der Waals surface area (Å²) in [6.07, 6.45) is -1.32. The van der Waals surface area contributed by atoms with E-state index in [1.165, 1.54) is 4.90 Å². The van der Waals surface area contributed by atoms with Crippen LogP contribution in [-0.2, 0) is 14.3 Å². The maximum Gasteiger partial charge on any atom is 0.322 e. The van der Waals surface area contributed by atoms with Gasteiger partial charge in [0.05, 0.1) is 17.9 Å². The van der Waals surface area contributed by atoms with Crippen LogP contribution in [0.3, 0.4) is 0 Å². The van der Waals surface area contributed by atoms with Gasteiger partial charge in [-0.05, 0) is 31.3 Å². The van der Waals surface area contributed by atoms with E-state index in [9.17, 15) is 9.59 Å². The summed E-state index contributed by atoms with van der Waals surface area (Å²) in [6, 6.07) is 12.4. The fourth-order valence-electron chi connectivity index (χ4n) is 3.81. The van der Waals surface area contributed by atoms with Crippen molar-refractivity contribution in [1.82, 2.24) is 9.80 Å². The third-order valence-corrected chi connectivity index (χ3v) is 6.25. The van der Waals surface area contributed by atoms with Gasteiger partial charge in [0.1, 0.15) is 0 Å². The molecule has 1 amide bonds. The molecule has 0 bridgehead atoms. The third-order valence-electron chi connectivity index (χ3n) is 5.68. The van der Waals surface area contributed by atoms with Gasteiger partial charge in [0.2, 0.25) is 0 Å². The number of amides is 1. The minimum Gasteiger partial charge on any atom is -0.429 e. The summed E-state index contributed by atoms with van der Waals surface area (Å²) in [5.41, 5.74) is 2.32.